The smallest absolute Gasteiger partial charge is 0.165 e. The monoisotopic (exact) mass is 806 g/mol. The summed E-state index contributed by atoms with van der Waals surface area (Å²) in [7, 11) is 0. The molecule has 0 fully saturated rings. The lowest BCUT2D eigenvalue weighted by Crippen LogP contribution is -2.11. The first kappa shape index (κ1) is 35.6. The molecule has 0 N–H and O–H groups in total. The summed E-state index contributed by atoms with van der Waals surface area (Å²) >= 11 is 0. The second-order valence-corrected chi connectivity index (χ2v) is 16.8. The second-order valence-electron chi connectivity index (χ2n) is 16.8. The minimum atomic E-state index is 0.133. The van der Waals surface area contributed by atoms with E-state index in [0.29, 0.717) is 17.5 Å². The van der Waals surface area contributed by atoms with Gasteiger partial charge in [0.2, 0.25) is 0 Å². The third-order valence-corrected chi connectivity index (χ3v) is 13.1. The van der Waals surface area contributed by atoms with Crippen LogP contribution >= 0.6 is 0 Å². The third kappa shape index (κ3) is 5.83. The van der Waals surface area contributed by atoms with E-state index >= 15 is 0 Å². The molecule has 0 saturated carbocycles. The van der Waals surface area contributed by atoms with Gasteiger partial charge in [0.25, 0.3) is 0 Å². The second kappa shape index (κ2) is 14.3. The van der Waals surface area contributed by atoms with E-state index in [1.165, 1.54) is 27.1 Å². The molecule has 296 valence electrons. The Kier molecular flexibility index (Phi) is 8.06. The number of allylic oxidation sites excluding steroid dienone is 2. The molecule has 12 aromatic rings. The van der Waals surface area contributed by atoms with E-state index in [-0.39, 0.29) is 11.8 Å². The molecule has 0 bridgehead atoms. The Morgan fingerprint density at radius 3 is 1.70 bits per heavy atom. The topological polar surface area (TPSA) is 68.9 Å². The van der Waals surface area contributed by atoms with Crippen molar-refractivity contribution in [3.63, 3.8) is 0 Å². The molecule has 4 heterocycles. The molecule has 6 nitrogen and oxygen atoms in total. The minimum absolute atomic E-state index is 0.133. The maximum atomic E-state index is 5.39. The lowest BCUT2D eigenvalue weighted by atomic mass is 9.79. The average Bonchev–Trinajstić information content (AvgIpc) is 3.74. The van der Waals surface area contributed by atoms with Gasteiger partial charge in [0.05, 0.1) is 5.69 Å². The fraction of sp³-hybridized carbons (Fsp3) is 0.0702. The minimum Gasteiger partial charge on any atom is -0.284 e. The molecule has 8 aromatic carbocycles. The summed E-state index contributed by atoms with van der Waals surface area (Å²) in [6, 6.07) is 62.4. The first-order valence-corrected chi connectivity index (χ1v) is 21.7. The largest absolute Gasteiger partial charge is 0.284 e. The maximum Gasteiger partial charge on any atom is 0.165 e. The Morgan fingerprint density at radius 1 is 0.444 bits per heavy atom. The summed E-state index contributed by atoms with van der Waals surface area (Å²) in [5.74, 6) is 2.36. The van der Waals surface area contributed by atoms with Gasteiger partial charge in [0, 0.05) is 39.6 Å². The van der Waals surface area contributed by atoms with Gasteiger partial charge in [-0.1, -0.05) is 158 Å². The van der Waals surface area contributed by atoms with Crippen molar-refractivity contribution in [3.8, 4) is 34.2 Å². The van der Waals surface area contributed by atoms with E-state index in [0.717, 1.165) is 84.4 Å². The van der Waals surface area contributed by atoms with Crippen LogP contribution in [0.4, 0.5) is 0 Å². The summed E-state index contributed by atoms with van der Waals surface area (Å²) in [5, 5.41) is 11.6. The summed E-state index contributed by atoms with van der Waals surface area (Å²) in [4.78, 5) is 26.5. The zero-order valence-electron chi connectivity index (χ0n) is 34.2. The van der Waals surface area contributed by atoms with Crippen molar-refractivity contribution in [3.05, 3.63) is 206 Å². The molecule has 0 aliphatic heterocycles. The van der Waals surface area contributed by atoms with Gasteiger partial charge in [-0.25, -0.2) is 24.9 Å². The van der Waals surface area contributed by atoms with E-state index in [2.05, 4.69) is 180 Å². The van der Waals surface area contributed by atoms with Gasteiger partial charge in [-0.2, -0.15) is 0 Å². The van der Waals surface area contributed by atoms with Crippen molar-refractivity contribution in [1.82, 2.24) is 29.3 Å². The molecular formula is C57H38N6. The highest BCUT2D eigenvalue weighted by molar-refractivity contribution is 6.15. The lowest BCUT2D eigenvalue weighted by molar-refractivity contribution is 0.562. The molecule has 6 heteroatoms. The number of pyridine rings is 2. The van der Waals surface area contributed by atoms with E-state index in [1.807, 2.05) is 18.2 Å². The molecule has 0 radical (unpaired) electrons. The van der Waals surface area contributed by atoms with Crippen LogP contribution in [0.2, 0.25) is 0 Å². The number of benzene rings is 8. The quantitative estimate of drug-likeness (QED) is 0.128. The summed E-state index contributed by atoms with van der Waals surface area (Å²) in [5.41, 5.74) is 8.04. The normalized spacial score (nSPS) is 15.4. The van der Waals surface area contributed by atoms with Crippen LogP contribution in [0, 0.1) is 0 Å². The standard InChI is InChI=1S/C57H38N6/c1-3-21-41-37(15-1)33-49(45-25-7-5-23-43(41)45)55-60-54(61-56(62-55)50-34-38-16-2-4-22-42(38)44-24-6-8-26-46(44)50)40-20-14-18-36(32-40)35-17-13-19-39(31-35)52-47-27-9-10-28-48(47)53-57(59-52)63-30-12-11-29-51(63)58-53/h1-16,18-30,32-35,39H,17,31H2. The Hall–Kier alpha value is -8.09. The fourth-order valence-corrected chi connectivity index (χ4v) is 10.2. The zero-order valence-corrected chi connectivity index (χ0v) is 34.2. The molecule has 2 atom stereocenters. The van der Waals surface area contributed by atoms with Crippen molar-refractivity contribution in [2.45, 2.75) is 24.7 Å². The zero-order chi connectivity index (χ0) is 41.4. The maximum absolute atomic E-state index is 5.39. The van der Waals surface area contributed by atoms with Crippen LogP contribution in [0.15, 0.2) is 194 Å². The average molecular weight is 807 g/mol. The lowest BCUT2D eigenvalue weighted by Gasteiger charge is -2.26. The van der Waals surface area contributed by atoms with Crippen LogP contribution in [-0.2, 0) is 0 Å². The number of imidazole rings is 1. The van der Waals surface area contributed by atoms with Crippen molar-refractivity contribution in [1.29, 1.82) is 0 Å². The highest BCUT2D eigenvalue weighted by atomic mass is 15.1. The van der Waals surface area contributed by atoms with E-state index < -0.39 is 0 Å². The Balaban J connectivity index is 0.963. The predicted octanol–water partition coefficient (Wildman–Crippen LogP) is 14.1. The van der Waals surface area contributed by atoms with Crippen LogP contribution in [-0.4, -0.2) is 29.3 Å². The van der Waals surface area contributed by atoms with E-state index in [9.17, 15) is 0 Å². The van der Waals surface area contributed by atoms with Crippen LogP contribution < -0.4 is 0 Å². The van der Waals surface area contributed by atoms with Crippen LogP contribution in [0.5, 0.6) is 0 Å². The number of hydrogen-bond acceptors (Lipinski definition) is 5. The van der Waals surface area contributed by atoms with Crippen LogP contribution in [0.1, 0.15) is 35.9 Å². The molecule has 63 heavy (non-hydrogen) atoms. The SMILES string of the molecule is C1=CC(c2nc3c(nc4ccccn43)c3ccccc23)CC(c2cccc(-c3nc(-c4cc5ccccc5c5ccccc45)nc(-c4cc5ccccc5c5ccccc45)n3)c2)C1. The van der Waals surface area contributed by atoms with Crippen molar-refractivity contribution >= 4 is 70.7 Å². The van der Waals surface area contributed by atoms with Crippen molar-refractivity contribution in [2.24, 2.45) is 0 Å². The number of aromatic nitrogens is 6. The summed E-state index contributed by atoms with van der Waals surface area (Å²) < 4.78 is 2.11. The van der Waals surface area contributed by atoms with Crippen molar-refractivity contribution < 1.29 is 0 Å². The molecule has 4 aromatic heterocycles. The van der Waals surface area contributed by atoms with Crippen LogP contribution in [0.3, 0.4) is 0 Å². The molecule has 2 unspecified atom stereocenters. The first-order chi connectivity index (χ1) is 31.2. The number of nitrogens with zero attached hydrogens (tertiary/aromatic N) is 6. The highest BCUT2D eigenvalue weighted by Crippen LogP contribution is 2.42. The first-order valence-electron chi connectivity index (χ1n) is 21.7. The molecule has 0 spiro atoms. The molecule has 13 rings (SSSR count). The van der Waals surface area contributed by atoms with Gasteiger partial charge < -0.3 is 0 Å². The number of hydrogen-bond donors (Lipinski definition) is 0. The number of fused-ring (bicyclic) bond motifs is 11. The van der Waals surface area contributed by atoms with E-state index in [4.69, 9.17) is 24.9 Å². The van der Waals surface area contributed by atoms with Gasteiger partial charge in [-0.05, 0) is 97.7 Å². The predicted molar refractivity (Wildman–Crippen MR) is 258 cm³/mol. The molecule has 0 amide bonds. The van der Waals surface area contributed by atoms with Gasteiger partial charge in [-0.15, -0.1) is 0 Å². The molecule has 1 aliphatic carbocycles. The van der Waals surface area contributed by atoms with Gasteiger partial charge >= 0.3 is 0 Å². The van der Waals surface area contributed by atoms with Crippen molar-refractivity contribution in [2.75, 3.05) is 0 Å². The van der Waals surface area contributed by atoms with Gasteiger partial charge in [-0.3, -0.25) is 4.40 Å². The Labute approximate surface area is 362 Å². The van der Waals surface area contributed by atoms with E-state index in [1.54, 1.807) is 0 Å². The summed E-state index contributed by atoms with van der Waals surface area (Å²) in [6.07, 6.45) is 8.63. The third-order valence-electron chi connectivity index (χ3n) is 13.1. The molecule has 1 aliphatic rings. The van der Waals surface area contributed by atoms with Crippen LogP contribution in [0.25, 0.3) is 105 Å². The molecular weight excluding hydrogens is 769 g/mol. The highest BCUT2D eigenvalue weighted by Gasteiger charge is 2.26. The number of rotatable bonds is 5. The Bertz CT molecular complexity index is 3710. The Morgan fingerprint density at radius 2 is 1.02 bits per heavy atom. The summed E-state index contributed by atoms with van der Waals surface area (Å²) in [6.45, 7) is 0. The fourth-order valence-electron chi connectivity index (χ4n) is 10.2. The van der Waals surface area contributed by atoms with Gasteiger partial charge in [0.1, 0.15) is 11.2 Å². The van der Waals surface area contributed by atoms with Gasteiger partial charge in [0.15, 0.2) is 23.1 Å². The molecule has 0 saturated heterocycles.